The molecule has 1 aromatic heterocycles. The van der Waals surface area contributed by atoms with Crippen LogP contribution in [0.3, 0.4) is 0 Å². The highest BCUT2D eigenvalue weighted by atomic mass is 32.2. The average Bonchev–Trinajstić information content (AvgIpc) is 2.80. The van der Waals surface area contributed by atoms with Crippen molar-refractivity contribution in [1.82, 2.24) is 9.69 Å². The molecule has 0 bridgehead atoms. The number of hydrogen-bond acceptors (Lipinski definition) is 6. The van der Waals surface area contributed by atoms with Crippen molar-refractivity contribution in [3.63, 3.8) is 0 Å². The van der Waals surface area contributed by atoms with Gasteiger partial charge >= 0.3 is 0 Å². The Hall–Kier alpha value is -0.510. The molecule has 5 nitrogen and oxygen atoms in total. The van der Waals surface area contributed by atoms with Gasteiger partial charge in [0.1, 0.15) is 0 Å². The predicted octanol–water partition coefficient (Wildman–Crippen LogP) is 1.89. The minimum Gasteiger partial charge on any atom is -0.470 e. The first kappa shape index (κ1) is 17.5. The number of nitrogens with two attached hydrogens (primary N) is 1. The number of rotatable bonds is 5. The van der Waals surface area contributed by atoms with Gasteiger partial charge in [-0.15, -0.1) is 0 Å². The zero-order chi connectivity index (χ0) is 13.8. The Morgan fingerprint density at radius 3 is 2.94 bits per heavy atom. The van der Waals surface area contributed by atoms with Crippen LogP contribution in [0, 0.1) is 0 Å². The maximum Gasteiger partial charge on any atom is 0.273 e. The van der Waals surface area contributed by atoms with E-state index in [0.29, 0.717) is 11.8 Å². The fourth-order valence-corrected chi connectivity index (χ4v) is 2.17. The molecule has 9 heteroatoms. The zero-order valence-corrected chi connectivity index (χ0v) is 13.1. The Bertz CT molecular complexity index is 342. The van der Waals surface area contributed by atoms with E-state index in [-0.39, 0.29) is 0 Å². The number of nitrogens with one attached hydrogen (secondary N) is 1. The molecule has 0 aromatic carbocycles. The van der Waals surface area contributed by atoms with Crippen LogP contribution >= 0.6 is 48.1 Å². The van der Waals surface area contributed by atoms with E-state index >= 15 is 0 Å². The van der Waals surface area contributed by atoms with Gasteiger partial charge in [0, 0.05) is 23.9 Å². The number of amides is 1. The van der Waals surface area contributed by atoms with Crippen LogP contribution in [0.1, 0.15) is 5.69 Å². The van der Waals surface area contributed by atoms with Gasteiger partial charge in [0.2, 0.25) is 0 Å². The highest BCUT2D eigenvalue weighted by molar-refractivity contribution is 7.98. The maximum absolute atomic E-state index is 9.09. The molecule has 0 saturated carbocycles. The van der Waals surface area contributed by atoms with Crippen molar-refractivity contribution in [1.29, 1.82) is 0 Å². The van der Waals surface area contributed by atoms with E-state index in [0.717, 1.165) is 17.2 Å². The average molecular weight is 326 g/mol. The maximum atomic E-state index is 9.09. The van der Waals surface area contributed by atoms with E-state index in [2.05, 4.69) is 28.1 Å². The Kier molecular flexibility index (Phi) is 11.2. The van der Waals surface area contributed by atoms with Gasteiger partial charge in [-0.05, 0) is 29.8 Å². The summed E-state index contributed by atoms with van der Waals surface area (Å²) in [6.07, 6.45) is 0. The first-order chi connectivity index (χ1) is 8.56. The number of primary amides is 1. The van der Waals surface area contributed by atoms with Crippen molar-refractivity contribution in [2.24, 2.45) is 5.73 Å². The van der Waals surface area contributed by atoms with Gasteiger partial charge in [0.05, 0.1) is 12.3 Å². The minimum atomic E-state index is -0.639. The minimum absolute atomic E-state index is 0.458. The lowest BCUT2D eigenvalue weighted by atomic mass is 10.5. The van der Waals surface area contributed by atoms with Crippen molar-refractivity contribution in [3.05, 3.63) is 17.1 Å². The summed E-state index contributed by atoms with van der Waals surface area (Å²) in [5, 5.41) is 4.57. The summed E-state index contributed by atoms with van der Waals surface area (Å²) in [6, 6.07) is 2.04. The summed E-state index contributed by atoms with van der Waals surface area (Å²) in [4.78, 5) is 9.09. The summed E-state index contributed by atoms with van der Waals surface area (Å²) in [7, 11) is 1.75. The fourth-order valence-electron chi connectivity index (χ4n) is 0.754. The monoisotopic (exact) mass is 325 g/mol. The van der Waals surface area contributed by atoms with E-state index in [1.54, 1.807) is 18.8 Å². The van der Waals surface area contributed by atoms with Crippen LogP contribution in [-0.4, -0.2) is 34.2 Å². The molecule has 0 spiro atoms. The first-order valence-corrected chi connectivity index (χ1v) is 7.70. The van der Waals surface area contributed by atoms with E-state index in [9.17, 15) is 0 Å². The van der Waals surface area contributed by atoms with Crippen LogP contribution in [0.15, 0.2) is 11.4 Å². The van der Waals surface area contributed by atoms with Crippen LogP contribution in [0.2, 0.25) is 0 Å². The molecule has 3 N–H and O–H groups in total. The van der Waals surface area contributed by atoms with Crippen LogP contribution in [0.5, 0.6) is 0 Å². The number of carbonyl (C=O) groups is 1. The van der Waals surface area contributed by atoms with Crippen molar-refractivity contribution < 1.29 is 9.53 Å². The van der Waals surface area contributed by atoms with Gasteiger partial charge in [-0.25, -0.2) is 0 Å². The third-order valence-electron chi connectivity index (χ3n) is 1.41. The lowest BCUT2D eigenvalue weighted by Crippen LogP contribution is -2.19. The van der Waals surface area contributed by atoms with E-state index in [1.807, 2.05) is 11.4 Å². The zero-order valence-electron chi connectivity index (χ0n) is 9.79. The molecule has 0 aliphatic heterocycles. The molecule has 18 heavy (non-hydrogen) atoms. The summed E-state index contributed by atoms with van der Waals surface area (Å²) >= 11 is 11.2. The van der Waals surface area contributed by atoms with Crippen LogP contribution in [0.4, 0.5) is 4.79 Å². The van der Waals surface area contributed by atoms with Crippen LogP contribution < -0.4 is 11.1 Å². The van der Waals surface area contributed by atoms with Crippen molar-refractivity contribution >= 4 is 58.6 Å². The summed E-state index contributed by atoms with van der Waals surface area (Å²) < 4.78 is 9.40. The highest BCUT2D eigenvalue weighted by Crippen LogP contribution is 2.11. The number of thioether (sulfide) groups is 1. The molecule has 0 aliphatic rings. The Labute approximate surface area is 125 Å². The van der Waals surface area contributed by atoms with Crippen molar-refractivity contribution in [3.8, 4) is 0 Å². The number of hydrogen-bond donors (Lipinski definition) is 3. The first-order valence-electron chi connectivity index (χ1n) is 4.86. The number of thiocarbonyl (C=S) groups is 1. The van der Waals surface area contributed by atoms with Gasteiger partial charge in [0.15, 0.2) is 0 Å². The third kappa shape index (κ3) is 12.0. The highest BCUT2D eigenvalue weighted by Gasteiger charge is 1.96. The Morgan fingerprint density at radius 1 is 1.78 bits per heavy atom. The molecular formula is C9H15N3O2S4. The summed E-state index contributed by atoms with van der Waals surface area (Å²) in [5.41, 5.74) is 5.47. The molecule has 0 fully saturated rings. The molecule has 0 atom stereocenters. The van der Waals surface area contributed by atoms with Gasteiger partial charge in [-0.1, -0.05) is 12.6 Å². The molecule has 1 amide bonds. The van der Waals surface area contributed by atoms with Crippen LogP contribution in [0.25, 0.3) is 0 Å². The fraction of sp³-hybridized carbons (Fsp3) is 0.444. The Morgan fingerprint density at radius 2 is 2.44 bits per heavy atom. The SMILES string of the molecule is CNC(=S)OCCSCc1ccsn1.NC(=O)S. The molecule has 0 unspecified atom stereocenters. The summed E-state index contributed by atoms with van der Waals surface area (Å²) in [5.74, 6) is 1.87. The molecule has 0 radical (unpaired) electrons. The Balaban J connectivity index is 0.000000631. The smallest absolute Gasteiger partial charge is 0.273 e. The molecule has 1 rings (SSSR count). The topological polar surface area (TPSA) is 77.2 Å². The standard InChI is InChI=1S/C8H12N2OS3.CH3NOS/c1-9-8(12)11-3-5-13-6-7-2-4-14-10-7;2-1(3)4/h2,4H,3,5-6H2,1H3,(H,9,12);(H3,2,3,4). The number of aromatic nitrogens is 1. The molecule has 1 aromatic rings. The van der Waals surface area contributed by atoms with E-state index < -0.39 is 5.24 Å². The number of nitrogens with zero attached hydrogens (tertiary/aromatic N) is 1. The second kappa shape index (κ2) is 11.6. The number of carbonyl (C=O) groups excluding carboxylic acids is 1. The number of ether oxygens (including phenoxy) is 1. The van der Waals surface area contributed by atoms with E-state index in [1.165, 1.54) is 11.5 Å². The molecule has 1 heterocycles. The van der Waals surface area contributed by atoms with Gasteiger partial charge in [0.25, 0.3) is 10.4 Å². The third-order valence-corrected chi connectivity index (χ3v) is 3.28. The summed E-state index contributed by atoms with van der Waals surface area (Å²) in [6.45, 7) is 0.647. The lowest BCUT2D eigenvalue weighted by molar-refractivity contribution is 0.267. The van der Waals surface area contributed by atoms with Gasteiger partial charge in [-0.3, -0.25) is 4.79 Å². The second-order valence-corrected chi connectivity index (χ2v) is 5.35. The quantitative estimate of drug-likeness (QED) is 0.436. The lowest BCUT2D eigenvalue weighted by Gasteiger charge is -2.05. The van der Waals surface area contributed by atoms with Crippen LogP contribution in [-0.2, 0) is 10.5 Å². The predicted molar refractivity (Wildman–Crippen MR) is 84.5 cm³/mol. The molecular weight excluding hydrogens is 310 g/mol. The largest absolute Gasteiger partial charge is 0.470 e. The van der Waals surface area contributed by atoms with Gasteiger partial charge < -0.3 is 15.8 Å². The number of thiol groups is 1. The van der Waals surface area contributed by atoms with Crippen molar-refractivity contribution in [2.75, 3.05) is 19.4 Å². The van der Waals surface area contributed by atoms with Gasteiger partial charge in [-0.2, -0.15) is 16.1 Å². The second-order valence-electron chi connectivity index (χ2n) is 2.77. The van der Waals surface area contributed by atoms with Crippen molar-refractivity contribution in [2.45, 2.75) is 5.75 Å². The molecule has 0 saturated heterocycles. The van der Waals surface area contributed by atoms with E-state index in [4.69, 9.17) is 21.7 Å². The normalized spacial score (nSPS) is 9.00. The molecule has 102 valence electrons. The molecule has 0 aliphatic carbocycles.